The van der Waals surface area contributed by atoms with Gasteiger partial charge in [-0.3, -0.25) is 15.0 Å². The molecular weight excluding hydrogens is 394 g/mol. The maximum atomic E-state index is 10.8. The Bertz CT molecular complexity index is 982. The van der Waals surface area contributed by atoms with Crippen LogP contribution in [0.4, 0.5) is 5.69 Å². The van der Waals surface area contributed by atoms with E-state index in [0.29, 0.717) is 29.8 Å². The maximum absolute atomic E-state index is 10.8. The largest absolute Gasteiger partial charge is 0.419 e. The van der Waals surface area contributed by atoms with Crippen molar-refractivity contribution in [3.8, 4) is 11.5 Å². The summed E-state index contributed by atoms with van der Waals surface area (Å²) in [5.41, 5.74) is 2.08. The van der Waals surface area contributed by atoms with Crippen LogP contribution in [0.5, 0.6) is 0 Å². The Morgan fingerprint density at radius 1 is 1.10 bits per heavy atom. The second-order valence-electron chi connectivity index (χ2n) is 8.21. The van der Waals surface area contributed by atoms with Crippen LogP contribution in [-0.4, -0.2) is 51.6 Å². The smallest absolute Gasteiger partial charge is 0.269 e. The molecule has 1 fully saturated rings. The summed E-state index contributed by atoms with van der Waals surface area (Å²) in [6.07, 6.45) is 2.31. The van der Waals surface area contributed by atoms with Crippen molar-refractivity contribution in [3.05, 3.63) is 76.2 Å². The van der Waals surface area contributed by atoms with Gasteiger partial charge in [0.1, 0.15) is 0 Å². The third-order valence-electron chi connectivity index (χ3n) is 5.72. The molecule has 0 N–H and O–H groups in total. The number of hydrogen-bond acceptors (Lipinski definition) is 7. The molecule has 31 heavy (non-hydrogen) atoms. The topological polar surface area (TPSA) is 88.5 Å². The molecule has 1 aliphatic heterocycles. The van der Waals surface area contributed by atoms with Crippen LogP contribution in [-0.2, 0) is 13.1 Å². The van der Waals surface area contributed by atoms with Crippen molar-refractivity contribution in [2.45, 2.75) is 25.9 Å². The average molecular weight is 422 g/mol. The van der Waals surface area contributed by atoms with Gasteiger partial charge < -0.3 is 9.32 Å². The molecule has 1 aliphatic rings. The van der Waals surface area contributed by atoms with E-state index in [9.17, 15) is 10.1 Å². The lowest BCUT2D eigenvalue weighted by Gasteiger charge is -2.33. The lowest BCUT2D eigenvalue weighted by atomic mass is 9.96. The van der Waals surface area contributed by atoms with E-state index in [1.807, 2.05) is 0 Å². The molecule has 1 saturated heterocycles. The number of non-ortho nitro benzene ring substituents is 1. The van der Waals surface area contributed by atoms with Crippen LogP contribution in [0, 0.1) is 16.0 Å². The molecule has 0 saturated carbocycles. The quantitative estimate of drug-likeness (QED) is 0.401. The number of rotatable bonds is 8. The summed E-state index contributed by atoms with van der Waals surface area (Å²) in [5.74, 6) is 1.67. The Kier molecular flexibility index (Phi) is 6.69. The highest BCUT2D eigenvalue weighted by Crippen LogP contribution is 2.23. The highest BCUT2D eigenvalue weighted by molar-refractivity contribution is 5.55. The fraction of sp³-hybridized carbons (Fsp3) is 0.391. The Morgan fingerprint density at radius 3 is 2.48 bits per heavy atom. The minimum atomic E-state index is -0.425. The van der Waals surface area contributed by atoms with Gasteiger partial charge in [0.15, 0.2) is 0 Å². The van der Waals surface area contributed by atoms with Crippen LogP contribution in [0.3, 0.4) is 0 Å². The molecule has 0 bridgehead atoms. The van der Waals surface area contributed by atoms with Crippen molar-refractivity contribution in [2.24, 2.45) is 5.92 Å². The van der Waals surface area contributed by atoms with Crippen molar-refractivity contribution in [3.63, 3.8) is 0 Å². The molecule has 0 amide bonds. The third-order valence-corrected chi connectivity index (χ3v) is 5.72. The monoisotopic (exact) mass is 421 g/mol. The third kappa shape index (κ3) is 5.74. The number of nitrogens with zero attached hydrogens (tertiary/aromatic N) is 5. The van der Waals surface area contributed by atoms with E-state index in [0.717, 1.165) is 39.0 Å². The van der Waals surface area contributed by atoms with Crippen LogP contribution >= 0.6 is 0 Å². The van der Waals surface area contributed by atoms with Crippen LogP contribution in [0.15, 0.2) is 59.0 Å². The predicted molar refractivity (Wildman–Crippen MR) is 117 cm³/mol. The zero-order valence-corrected chi connectivity index (χ0v) is 17.7. The molecule has 3 aromatic rings. The van der Waals surface area contributed by atoms with Gasteiger partial charge in [0.05, 0.1) is 11.5 Å². The molecule has 8 heteroatoms. The van der Waals surface area contributed by atoms with E-state index in [1.54, 1.807) is 12.1 Å². The number of piperidine rings is 1. The van der Waals surface area contributed by atoms with Crippen LogP contribution < -0.4 is 0 Å². The van der Waals surface area contributed by atoms with Gasteiger partial charge in [0.25, 0.3) is 5.69 Å². The van der Waals surface area contributed by atoms with E-state index in [2.05, 4.69) is 57.4 Å². The number of nitro benzene ring substituents is 1. The fourth-order valence-electron chi connectivity index (χ4n) is 4.08. The SMILES string of the molecule is CN(Cc1ccccc1)CC1CCN(Cc2nnc(-c3ccc([N+](=O)[O-])cc3)o2)CC1. The maximum Gasteiger partial charge on any atom is 0.269 e. The van der Waals surface area contributed by atoms with Crippen molar-refractivity contribution >= 4 is 5.69 Å². The summed E-state index contributed by atoms with van der Waals surface area (Å²) >= 11 is 0. The standard InChI is InChI=1S/C23H27N5O3/c1-26(15-18-5-3-2-4-6-18)16-19-11-13-27(14-12-19)17-22-24-25-23(31-22)20-7-9-21(10-8-20)28(29)30/h2-10,19H,11-17H2,1H3. The average Bonchev–Trinajstić information content (AvgIpc) is 3.24. The molecule has 2 heterocycles. The number of nitro groups is 1. The first kappa shape index (κ1) is 21.1. The zero-order chi connectivity index (χ0) is 21.6. The van der Waals surface area contributed by atoms with Crippen LogP contribution in [0.25, 0.3) is 11.5 Å². The molecule has 0 atom stereocenters. The van der Waals surface area contributed by atoms with Crippen LogP contribution in [0.2, 0.25) is 0 Å². The molecule has 0 radical (unpaired) electrons. The van der Waals surface area contributed by atoms with E-state index in [1.165, 1.54) is 17.7 Å². The van der Waals surface area contributed by atoms with E-state index in [-0.39, 0.29) is 5.69 Å². The summed E-state index contributed by atoms with van der Waals surface area (Å²) in [5, 5.41) is 19.0. The highest BCUT2D eigenvalue weighted by Gasteiger charge is 2.22. The Hall–Kier alpha value is -3.10. The van der Waals surface area contributed by atoms with E-state index in [4.69, 9.17) is 4.42 Å². The van der Waals surface area contributed by atoms with Gasteiger partial charge >= 0.3 is 0 Å². The number of hydrogen-bond donors (Lipinski definition) is 0. The zero-order valence-electron chi connectivity index (χ0n) is 17.7. The van der Waals surface area contributed by atoms with Gasteiger partial charge in [-0.05, 0) is 56.6 Å². The lowest BCUT2D eigenvalue weighted by Crippen LogP contribution is -2.37. The first-order chi connectivity index (χ1) is 15.1. The van der Waals surface area contributed by atoms with Crippen molar-refractivity contribution < 1.29 is 9.34 Å². The molecule has 4 rings (SSSR count). The van der Waals surface area contributed by atoms with Gasteiger partial charge in [0, 0.05) is 30.8 Å². The molecule has 2 aromatic carbocycles. The Morgan fingerprint density at radius 2 is 1.81 bits per heavy atom. The second kappa shape index (κ2) is 9.80. The van der Waals surface area contributed by atoms with Crippen molar-refractivity contribution in [1.29, 1.82) is 0 Å². The summed E-state index contributed by atoms with van der Waals surface area (Å²) in [6, 6.07) is 16.7. The van der Waals surface area contributed by atoms with Gasteiger partial charge in [0.2, 0.25) is 11.8 Å². The molecule has 8 nitrogen and oxygen atoms in total. The van der Waals surface area contributed by atoms with Crippen LogP contribution in [0.1, 0.15) is 24.3 Å². The first-order valence-electron chi connectivity index (χ1n) is 10.6. The second-order valence-corrected chi connectivity index (χ2v) is 8.21. The molecule has 1 aromatic heterocycles. The number of aromatic nitrogens is 2. The normalized spacial score (nSPS) is 15.4. The predicted octanol–water partition coefficient (Wildman–Crippen LogP) is 3.99. The minimum absolute atomic E-state index is 0.0424. The van der Waals surface area contributed by atoms with Crippen molar-refractivity contribution in [1.82, 2.24) is 20.0 Å². The summed E-state index contributed by atoms with van der Waals surface area (Å²) in [7, 11) is 2.19. The first-order valence-corrected chi connectivity index (χ1v) is 10.6. The fourth-order valence-corrected chi connectivity index (χ4v) is 4.08. The minimum Gasteiger partial charge on any atom is -0.419 e. The van der Waals surface area contributed by atoms with Crippen molar-refractivity contribution in [2.75, 3.05) is 26.7 Å². The van der Waals surface area contributed by atoms with Gasteiger partial charge in [-0.15, -0.1) is 10.2 Å². The molecule has 0 spiro atoms. The summed E-state index contributed by atoms with van der Waals surface area (Å²) < 4.78 is 5.79. The molecule has 0 unspecified atom stereocenters. The number of likely N-dealkylation sites (tertiary alicyclic amines) is 1. The summed E-state index contributed by atoms with van der Waals surface area (Å²) in [6.45, 7) is 4.74. The van der Waals surface area contributed by atoms with E-state index >= 15 is 0 Å². The highest BCUT2D eigenvalue weighted by atomic mass is 16.6. The Balaban J connectivity index is 1.24. The molecule has 162 valence electrons. The van der Waals surface area contributed by atoms with Gasteiger partial charge in [-0.1, -0.05) is 30.3 Å². The van der Waals surface area contributed by atoms with Gasteiger partial charge in [-0.25, -0.2) is 0 Å². The summed E-state index contributed by atoms with van der Waals surface area (Å²) in [4.78, 5) is 15.1. The molecule has 0 aliphatic carbocycles. The lowest BCUT2D eigenvalue weighted by molar-refractivity contribution is -0.384. The van der Waals surface area contributed by atoms with E-state index < -0.39 is 4.92 Å². The Labute approximate surface area is 181 Å². The van der Waals surface area contributed by atoms with Gasteiger partial charge in [-0.2, -0.15) is 0 Å². The molecular formula is C23H27N5O3. The number of benzene rings is 2.